The molecule has 186 valence electrons. The number of aromatic nitrogens is 2. The maximum absolute atomic E-state index is 15.2. The fourth-order valence-corrected chi connectivity index (χ4v) is 6.23. The molecule has 5 heterocycles. The van der Waals surface area contributed by atoms with Gasteiger partial charge < -0.3 is 14.7 Å². The molecule has 0 saturated carbocycles. The second-order valence-corrected chi connectivity index (χ2v) is 10.6. The molecule has 1 aromatic carbocycles. The number of piperidine rings is 1. The molecule has 0 bridgehead atoms. The predicted molar refractivity (Wildman–Crippen MR) is 128 cm³/mol. The smallest absolute Gasteiger partial charge is 0.329 e. The number of carbonyl (C=O) groups is 3. The average molecular weight is 484 g/mol. The second-order valence-electron chi connectivity index (χ2n) is 10.6. The maximum Gasteiger partial charge on any atom is 0.329 e. The summed E-state index contributed by atoms with van der Waals surface area (Å²) >= 11 is 0. The van der Waals surface area contributed by atoms with Gasteiger partial charge in [0.1, 0.15) is 5.82 Å². The van der Waals surface area contributed by atoms with Crippen molar-refractivity contribution in [3.8, 4) is 0 Å². The van der Waals surface area contributed by atoms with E-state index in [1.807, 2.05) is 11.0 Å². The Balaban J connectivity index is 1.10. The Morgan fingerprint density at radius 1 is 1.14 bits per heavy atom. The first-order valence-corrected chi connectivity index (χ1v) is 12.3. The van der Waals surface area contributed by atoms with E-state index in [4.69, 9.17) is 0 Å². The normalized spacial score (nSPS) is 23.0. The van der Waals surface area contributed by atoms with Crippen molar-refractivity contribution in [3.63, 3.8) is 0 Å². The van der Waals surface area contributed by atoms with Gasteiger partial charge in [-0.25, -0.2) is 9.18 Å². The van der Waals surface area contributed by atoms with Crippen LogP contribution in [0.1, 0.15) is 19.3 Å². The SMILES string of the molecule is Cn1nc(N2CCC(=O)NC2=O)c2cc(F)c(N3CC4(CN(CC5CCN(C=O)CC5)C4)C3)cc21. The lowest BCUT2D eigenvalue weighted by Gasteiger charge is -2.61. The minimum atomic E-state index is -0.528. The van der Waals surface area contributed by atoms with Crippen LogP contribution in [0.25, 0.3) is 10.9 Å². The van der Waals surface area contributed by atoms with Crippen LogP contribution in [0.2, 0.25) is 0 Å². The molecule has 0 aliphatic carbocycles. The van der Waals surface area contributed by atoms with Crippen LogP contribution in [-0.2, 0) is 16.6 Å². The van der Waals surface area contributed by atoms with Crippen molar-refractivity contribution in [3.05, 3.63) is 17.9 Å². The van der Waals surface area contributed by atoms with Gasteiger partial charge in [-0.2, -0.15) is 5.10 Å². The van der Waals surface area contributed by atoms with E-state index >= 15 is 4.39 Å². The molecule has 4 amide bonds. The van der Waals surface area contributed by atoms with Gasteiger partial charge in [0.15, 0.2) is 5.82 Å². The van der Waals surface area contributed by atoms with Gasteiger partial charge in [0.05, 0.1) is 11.2 Å². The lowest BCUT2D eigenvalue weighted by Crippen LogP contribution is -2.72. The largest absolute Gasteiger partial charge is 0.368 e. The number of anilines is 2. The fraction of sp³-hybridized carbons (Fsp3) is 0.583. The van der Waals surface area contributed by atoms with Crippen molar-refractivity contribution >= 4 is 40.8 Å². The van der Waals surface area contributed by atoms with Gasteiger partial charge in [0, 0.05) is 76.6 Å². The van der Waals surface area contributed by atoms with Crippen LogP contribution >= 0.6 is 0 Å². The Labute approximate surface area is 202 Å². The van der Waals surface area contributed by atoms with Crippen molar-refractivity contribution in [2.24, 2.45) is 18.4 Å². The van der Waals surface area contributed by atoms with E-state index < -0.39 is 6.03 Å². The summed E-state index contributed by atoms with van der Waals surface area (Å²) in [4.78, 5) is 42.5. The molecule has 2 aromatic rings. The summed E-state index contributed by atoms with van der Waals surface area (Å²) in [6.45, 7) is 6.77. The fourth-order valence-electron chi connectivity index (χ4n) is 6.23. The quantitative estimate of drug-likeness (QED) is 0.642. The first kappa shape index (κ1) is 22.3. The van der Waals surface area contributed by atoms with Crippen LogP contribution in [0.5, 0.6) is 0 Å². The maximum atomic E-state index is 15.2. The van der Waals surface area contributed by atoms with Crippen molar-refractivity contribution in [2.75, 3.05) is 62.2 Å². The van der Waals surface area contributed by atoms with Crippen LogP contribution in [0.15, 0.2) is 12.1 Å². The summed E-state index contributed by atoms with van der Waals surface area (Å²) < 4.78 is 16.9. The molecule has 4 fully saturated rings. The number of amides is 4. The number of halogens is 1. The van der Waals surface area contributed by atoms with E-state index in [1.54, 1.807) is 11.7 Å². The van der Waals surface area contributed by atoms with Gasteiger partial charge in [-0.1, -0.05) is 0 Å². The zero-order valence-corrected chi connectivity index (χ0v) is 19.9. The molecule has 1 aromatic heterocycles. The third-order valence-electron chi connectivity index (χ3n) is 8.03. The van der Waals surface area contributed by atoms with Gasteiger partial charge in [0.25, 0.3) is 0 Å². The summed E-state index contributed by atoms with van der Waals surface area (Å²) in [5.74, 6) is 0.378. The molecule has 0 unspecified atom stereocenters. The van der Waals surface area contributed by atoms with Crippen LogP contribution in [0.3, 0.4) is 0 Å². The second kappa shape index (κ2) is 8.18. The highest BCUT2D eigenvalue weighted by Gasteiger charge is 2.52. The van der Waals surface area contributed by atoms with E-state index in [0.29, 0.717) is 22.8 Å². The van der Waals surface area contributed by atoms with E-state index in [-0.39, 0.29) is 30.1 Å². The van der Waals surface area contributed by atoms with Crippen LogP contribution in [0, 0.1) is 17.2 Å². The van der Waals surface area contributed by atoms with E-state index in [0.717, 1.165) is 70.6 Å². The molecule has 35 heavy (non-hydrogen) atoms. The van der Waals surface area contributed by atoms with Crippen LogP contribution < -0.4 is 15.1 Å². The number of fused-ring (bicyclic) bond motifs is 1. The molecule has 10 nitrogen and oxygen atoms in total. The lowest BCUT2D eigenvalue weighted by molar-refractivity contribution is -0.120. The van der Waals surface area contributed by atoms with Gasteiger partial charge in [-0.15, -0.1) is 0 Å². The molecule has 4 aliphatic rings. The Hall–Kier alpha value is -3.21. The molecule has 0 atom stereocenters. The molecular weight excluding hydrogens is 453 g/mol. The summed E-state index contributed by atoms with van der Waals surface area (Å²) in [6.07, 6.45) is 3.28. The molecule has 1 N–H and O–H groups in total. The average Bonchev–Trinajstić information content (AvgIpc) is 3.09. The van der Waals surface area contributed by atoms with Crippen molar-refractivity contribution in [1.82, 2.24) is 24.9 Å². The number of likely N-dealkylation sites (tertiary alicyclic amines) is 2. The topological polar surface area (TPSA) is 94.0 Å². The molecule has 4 aliphatic heterocycles. The van der Waals surface area contributed by atoms with Crippen molar-refractivity contribution in [2.45, 2.75) is 19.3 Å². The summed E-state index contributed by atoms with van der Waals surface area (Å²) in [5.41, 5.74) is 1.55. The van der Waals surface area contributed by atoms with Gasteiger partial charge >= 0.3 is 6.03 Å². The van der Waals surface area contributed by atoms with Gasteiger partial charge in [-0.05, 0) is 30.9 Å². The Morgan fingerprint density at radius 3 is 2.57 bits per heavy atom. The number of hydrogen-bond acceptors (Lipinski definition) is 6. The van der Waals surface area contributed by atoms with E-state index in [1.165, 1.54) is 11.0 Å². The number of nitrogens with zero attached hydrogens (tertiary/aromatic N) is 6. The third kappa shape index (κ3) is 3.81. The Kier molecular flexibility index (Phi) is 5.21. The van der Waals surface area contributed by atoms with Crippen molar-refractivity contribution < 1.29 is 18.8 Å². The highest BCUT2D eigenvalue weighted by Crippen LogP contribution is 2.44. The zero-order valence-electron chi connectivity index (χ0n) is 19.9. The van der Waals surface area contributed by atoms with Crippen LogP contribution in [-0.4, -0.2) is 90.3 Å². The summed E-state index contributed by atoms with van der Waals surface area (Å²) in [7, 11) is 1.78. The van der Waals surface area contributed by atoms with Gasteiger partial charge in [-0.3, -0.25) is 24.5 Å². The minimum Gasteiger partial charge on any atom is -0.368 e. The van der Waals surface area contributed by atoms with Gasteiger partial charge in [0.2, 0.25) is 12.3 Å². The molecular formula is C24H30FN7O3. The number of hydrogen-bond donors (Lipinski definition) is 1. The molecule has 4 saturated heterocycles. The Bertz CT molecular complexity index is 1190. The number of benzene rings is 1. The number of imide groups is 1. The first-order chi connectivity index (χ1) is 16.8. The highest BCUT2D eigenvalue weighted by atomic mass is 19.1. The summed E-state index contributed by atoms with van der Waals surface area (Å²) in [5, 5.41) is 7.32. The number of urea groups is 1. The molecule has 0 radical (unpaired) electrons. The van der Waals surface area contributed by atoms with Crippen LogP contribution in [0.4, 0.5) is 20.7 Å². The number of aryl methyl sites for hydroxylation is 1. The standard InChI is InChI=1S/C24H30FN7O3/c1-28-19-9-20(18(25)8-17(19)22(27-28)32-7-4-21(34)26-23(32)35)31-13-24(14-31)11-30(12-24)10-16-2-5-29(15-33)6-3-16/h8-9,15-16H,2-7,10-14H2,1H3,(H,26,34,35). The molecule has 11 heteroatoms. The van der Waals surface area contributed by atoms with E-state index in [2.05, 4.69) is 20.2 Å². The predicted octanol–water partition coefficient (Wildman–Crippen LogP) is 1.15. The van der Waals surface area contributed by atoms with E-state index in [9.17, 15) is 14.4 Å². The monoisotopic (exact) mass is 483 g/mol. The molecule has 1 spiro atoms. The number of nitrogens with one attached hydrogen (secondary N) is 1. The number of rotatable bonds is 5. The molecule has 6 rings (SSSR count). The Morgan fingerprint density at radius 2 is 1.89 bits per heavy atom. The zero-order chi connectivity index (χ0) is 24.3. The van der Waals surface area contributed by atoms with Crippen molar-refractivity contribution in [1.29, 1.82) is 0 Å². The lowest BCUT2D eigenvalue weighted by atomic mass is 9.72. The minimum absolute atomic E-state index is 0.190. The first-order valence-electron chi connectivity index (χ1n) is 12.3. The third-order valence-corrected chi connectivity index (χ3v) is 8.03. The number of carbonyl (C=O) groups excluding carboxylic acids is 3. The summed E-state index contributed by atoms with van der Waals surface area (Å²) in [6, 6.07) is 2.75. The highest BCUT2D eigenvalue weighted by molar-refractivity contribution is 6.09.